The van der Waals surface area contributed by atoms with E-state index in [1.54, 1.807) is 24.7 Å². The molecule has 0 fully saturated rings. The molecule has 2 heterocycles. The highest BCUT2D eigenvalue weighted by Crippen LogP contribution is 2.07. The summed E-state index contributed by atoms with van der Waals surface area (Å²) in [5.41, 5.74) is 5.53. The van der Waals surface area contributed by atoms with Gasteiger partial charge < -0.3 is 10.3 Å². The average Bonchev–Trinajstić information content (AvgIpc) is 2.78. The molecule has 2 aromatic rings. The van der Waals surface area contributed by atoms with Crippen molar-refractivity contribution in [3.8, 4) is 0 Å². The van der Waals surface area contributed by atoms with Gasteiger partial charge in [-0.1, -0.05) is 0 Å². The van der Waals surface area contributed by atoms with Crippen LogP contribution in [-0.2, 0) is 19.6 Å². The van der Waals surface area contributed by atoms with Crippen LogP contribution in [0.2, 0.25) is 0 Å². The Bertz CT molecular complexity index is 745. The van der Waals surface area contributed by atoms with Crippen molar-refractivity contribution in [3.63, 3.8) is 0 Å². The minimum absolute atomic E-state index is 0.176. The molecule has 2 aromatic heterocycles. The zero-order chi connectivity index (χ0) is 15.1. The van der Waals surface area contributed by atoms with E-state index in [-0.39, 0.29) is 17.8 Å². The van der Waals surface area contributed by atoms with Gasteiger partial charge in [0.15, 0.2) is 11.2 Å². The molecule has 7 nitrogen and oxygen atoms in total. The van der Waals surface area contributed by atoms with Gasteiger partial charge in [-0.3, -0.25) is 13.9 Å². The van der Waals surface area contributed by atoms with Crippen LogP contribution in [0, 0.1) is 0 Å². The Morgan fingerprint density at radius 3 is 2.35 bits per heavy atom. The molecule has 7 heteroatoms. The predicted octanol–water partition coefficient (Wildman–Crippen LogP) is 0.137. The van der Waals surface area contributed by atoms with Crippen LogP contribution in [0.4, 0.5) is 0 Å². The fraction of sp³-hybridized carbons (Fsp3) is 0.615. The Morgan fingerprint density at radius 2 is 1.85 bits per heavy atom. The number of nitrogens with two attached hydrogens (primary N) is 1. The third-order valence-electron chi connectivity index (χ3n) is 3.21. The first-order valence-electron chi connectivity index (χ1n) is 6.77. The quantitative estimate of drug-likeness (QED) is 0.862. The van der Waals surface area contributed by atoms with Crippen LogP contribution in [0.15, 0.2) is 15.9 Å². The zero-order valence-electron chi connectivity index (χ0n) is 12.4. The summed E-state index contributed by atoms with van der Waals surface area (Å²) in [6, 6.07) is 0. The molecule has 0 atom stereocenters. The molecule has 0 aliphatic heterocycles. The number of hydrogen-bond donors (Lipinski definition) is 1. The van der Waals surface area contributed by atoms with E-state index in [9.17, 15) is 9.59 Å². The third-order valence-corrected chi connectivity index (χ3v) is 3.21. The summed E-state index contributed by atoms with van der Waals surface area (Å²) in [7, 11) is 0. The first-order valence-corrected chi connectivity index (χ1v) is 6.77. The molecular formula is C13H21N5O2. The average molecular weight is 279 g/mol. The zero-order valence-corrected chi connectivity index (χ0v) is 12.4. The highest BCUT2D eigenvalue weighted by atomic mass is 16.2. The van der Waals surface area contributed by atoms with Gasteiger partial charge in [0, 0.05) is 25.2 Å². The summed E-state index contributed by atoms with van der Waals surface area (Å²) >= 11 is 0. The van der Waals surface area contributed by atoms with Crippen LogP contribution in [0.1, 0.15) is 27.7 Å². The molecule has 2 rings (SSSR count). The molecule has 0 aromatic carbocycles. The summed E-state index contributed by atoms with van der Waals surface area (Å²) < 4.78 is 4.47. The van der Waals surface area contributed by atoms with Gasteiger partial charge >= 0.3 is 5.69 Å². The predicted molar refractivity (Wildman–Crippen MR) is 77.9 cm³/mol. The van der Waals surface area contributed by atoms with Gasteiger partial charge in [0.1, 0.15) is 0 Å². The number of imidazole rings is 1. The van der Waals surface area contributed by atoms with E-state index in [4.69, 9.17) is 5.73 Å². The van der Waals surface area contributed by atoms with Crippen molar-refractivity contribution in [1.82, 2.24) is 18.7 Å². The van der Waals surface area contributed by atoms with E-state index in [2.05, 4.69) is 4.98 Å². The smallest absolute Gasteiger partial charge is 0.325 e. The standard InChI is InChI=1S/C13H21N5O2/c1-5-16-8-15-10-9(16)11(19)18(7-13(3,4)14)12(20)17(10)6-2/h8H,5-7,14H2,1-4H3. The maximum Gasteiger partial charge on any atom is 0.332 e. The Hall–Kier alpha value is -1.89. The maximum atomic E-state index is 12.6. The molecule has 0 amide bonds. The minimum atomic E-state index is -0.640. The van der Waals surface area contributed by atoms with Crippen molar-refractivity contribution in [2.75, 3.05) is 0 Å². The highest BCUT2D eigenvalue weighted by Gasteiger charge is 2.20. The van der Waals surface area contributed by atoms with Crippen molar-refractivity contribution in [2.24, 2.45) is 5.73 Å². The van der Waals surface area contributed by atoms with Gasteiger partial charge in [0.25, 0.3) is 5.56 Å². The molecule has 0 bridgehead atoms. The van der Waals surface area contributed by atoms with Crippen molar-refractivity contribution in [3.05, 3.63) is 27.2 Å². The molecule has 0 radical (unpaired) electrons. The number of fused-ring (bicyclic) bond motifs is 1. The highest BCUT2D eigenvalue weighted by molar-refractivity contribution is 5.70. The van der Waals surface area contributed by atoms with E-state index >= 15 is 0 Å². The number of rotatable bonds is 4. The van der Waals surface area contributed by atoms with E-state index in [1.165, 1.54) is 9.13 Å². The number of aromatic nitrogens is 4. The molecule has 2 N–H and O–H groups in total. The minimum Gasteiger partial charge on any atom is -0.325 e. The first-order chi connectivity index (χ1) is 9.30. The molecule has 0 saturated carbocycles. The molecule has 0 spiro atoms. The lowest BCUT2D eigenvalue weighted by Crippen LogP contribution is -2.48. The molecule has 0 unspecified atom stereocenters. The van der Waals surface area contributed by atoms with Gasteiger partial charge in [0.05, 0.1) is 6.33 Å². The van der Waals surface area contributed by atoms with E-state index in [1.807, 2.05) is 13.8 Å². The second-order valence-electron chi connectivity index (χ2n) is 5.61. The van der Waals surface area contributed by atoms with Crippen molar-refractivity contribution >= 4 is 11.2 Å². The second-order valence-corrected chi connectivity index (χ2v) is 5.61. The van der Waals surface area contributed by atoms with Crippen LogP contribution in [-0.4, -0.2) is 24.2 Å². The van der Waals surface area contributed by atoms with Gasteiger partial charge in [-0.15, -0.1) is 0 Å². The van der Waals surface area contributed by atoms with Gasteiger partial charge in [0.2, 0.25) is 0 Å². The normalized spacial score (nSPS) is 12.2. The maximum absolute atomic E-state index is 12.6. The topological polar surface area (TPSA) is 87.8 Å². The first kappa shape index (κ1) is 14.5. The lowest BCUT2D eigenvalue weighted by atomic mass is 10.1. The van der Waals surface area contributed by atoms with Crippen molar-refractivity contribution < 1.29 is 0 Å². The van der Waals surface area contributed by atoms with Crippen LogP contribution < -0.4 is 17.0 Å². The lowest BCUT2D eigenvalue weighted by molar-refractivity contribution is 0.408. The SMILES string of the molecule is CCn1cnc2c1c(=O)n(CC(C)(C)N)c(=O)n2CC. The van der Waals surface area contributed by atoms with E-state index in [0.29, 0.717) is 24.3 Å². The molecule has 0 aliphatic rings. The van der Waals surface area contributed by atoms with Gasteiger partial charge in [-0.05, 0) is 27.7 Å². The summed E-state index contributed by atoms with van der Waals surface area (Å²) in [6.45, 7) is 8.62. The molecule has 0 saturated heterocycles. The largest absolute Gasteiger partial charge is 0.332 e. The fourth-order valence-electron chi connectivity index (χ4n) is 2.31. The third kappa shape index (κ3) is 2.29. The molecular weight excluding hydrogens is 258 g/mol. The van der Waals surface area contributed by atoms with Gasteiger partial charge in [-0.2, -0.15) is 0 Å². The Labute approximate surface area is 116 Å². The van der Waals surface area contributed by atoms with E-state index < -0.39 is 5.54 Å². The van der Waals surface area contributed by atoms with Crippen molar-refractivity contribution in [2.45, 2.75) is 52.9 Å². The number of nitrogens with zero attached hydrogens (tertiary/aromatic N) is 4. The lowest BCUT2D eigenvalue weighted by Gasteiger charge is -2.20. The molecule has 0 aliphatic carbocycles. The summed E-state index contributed by atoms with van der Waals surface area (Å²) in [5, 5.41) is 0. The van der Waals surface area contributed by atoms with Gasteiger partial charge in [-0.25, -0.2) is 9.78 Å². The fourth-order valence-corrected chi connectivity index (χ4v) is 2.31. The number of hydrogen-bond acceptors (Lipinski definition) is 4. The number of aryl methyl sites for hydroxylation is 2. The van der Waals surface area contributed by atoms with Crippen LogP contribution in [0.3, 0.4) is 0 Å². The molecule has 20 heavy (non-hydrogen) atoms. The van der Waals surface area contributed by atoms with Crippen LogP contribution in [0.25, 0.3) is 11.2 Å². The van der Waals surface area contributed by atoms with Crippen LogP contribution >= 0.6 is 0 Å². The van der Waals surface area contributed by atoms with Crippen molar-refractivity contribution in [1.29, 1.82) is 0 Å². The monoisotopic (exact) mass is 279 g/mol. The Morgan fingerprint density at radius 1 is 1.20 bits per heavy atom. The molecule has 110 valence electrons. The van der Waals surface area contributed by atoms with Crippen LogP contribution in [0.5, 0.6) is 0 Å². The van der Waals surface area contributed by atoms with E-state index in [0.717, 1.165) is 0 Å². The second kappa shape index (κ2) is 4.90. The summed E-state index contributed by atoms with van der Waals surface area (Å²) in [4.78, 5) is 29.2. The summed E-state index contributed by atoms with van der Waals surface area (Å²) in [6.07, 6.45) is 1.59. The Balaban J connectivity index is 2.88. The Kier molecular flexibility index (Phi) is 3.56. The summed E-state index contributed by atoms with van der Waals surface area (Å²) in [5.74, 6) is 0.